The molecule has 6 heteroatoms. The zero-order valence-corrected chi connectivity index (χ0v) is 17.5. The second-order valence-electron chi connectivity index (χ2n) is 8.12. The van der Waals surface area contributed by atoms with Crippen LogP contribution in [0.2, 0.25) is 0 Å². The van der Waals surface area contributed by atoms with Crippen LogP contribution < -0.4 is 10.6 Å². The molecule has 1 atom stereocenters. The van der Waals surface area contributed by atoms with E-state index in [1.54, 1.807) is 13.0 Å². The van der Waals surface area contributed by atoms with Gasteiger partial charge in [-0.05, 0) is 52.2 Å². The molecular formula is C26H21N3O3. The minimum absolute atomic E-state index is 0.360. The van der Waals surface area contributed by atoms with Gasteiger partial charge in [0.15, 0.2) is 0 Å². The summed E-state index contributed by atoms with van der Waals surface area (Å²) in [5, 5.41) is 9.61. The summed E-state index contributed by atoms with van der Waals surface area (Å²) in [6.07, 6.45) is 0. The van der Waals surface area contributed by atoms with Gasteiger partial charge in [0, 0.05) is 5.69 Å². The molecule has 1 fully saturated rings. The van der Waals surface area contributed by atoms with Crippen LogP contribution in [0, 0.1) is 0 Å². The zero-order chi connectivity index (χ0) is 22.3. The molecule has 158 valence electrons. The first-order chi connectivity index (χ1) is 15.4. The Morgan fingerprint density at radius 1 is 0.844 bits per heavy atom. The van der Waals surface area contributed by atoms with Gasteiger partial charge < -0.3 is 10.6 Å². The van der Waals surface area contributed by atoms with Crippen molar-refractivity contribution in [2.75, 3.05) is 11.9 Å². The summed E-state index contributed by atoms with van der Waals surface area (Å²) in [5.74, 6) is -0.891. The Labute approximate surface area is 184 Å². The fourth-order valence-electron chi connectivity index (χ4n) is 4.15. The van der Waals surface area contributed by atoms with Crippen LogP contribution in [0.15, 0.2) is 84.9 Å². The highest BCUT2D eigenvalue weighted by molar-refractivity contribution is 6.10. The lowest BCUT2D eigenvalue weighted by Crippen LogP contribution is -2.42. The minimum Gasteiger partial charge on any atom is -0.325 e. The third kappa shape index (κ3) is 3.36. The van der Waals surface area contributed by atoms with E-state index in [9.17, 15) is 14.4 Å². The molecule has 0 saturated carbocycles. The first-order valence-electron chi connectivity index (χ1n) is 10.4. The van der Waals surface area contributed by atoms with E-state index in [0.717, 1.165) is 26.4 Å². The summed E-state index contributed by atoms with van der Waals surface area (Å²) in [6, 6.07) is 26.3. The Morgan fingerprint density at radius 2 is 1.44 bits per heavy atom. The highest BCUT2D eigenvalue weighted by Gasteiger charge is 2.49. The lowest BCUT2D eigenvalue weighted by atomic mass is 9.90. The van der Waals surface area contributed by atoms with Crippen LogP contribution in [0.4, 0.5) is 10.5 Å². The van der Waals surface area contributed by atoms with Gasteiger partial charge in [-0.15, -0.1) is 0 Å². The molecule has 1 saturated heterocycles. The van der Waals surface area contributed by atoms with E-state index < -0.39 is 23.4 Å². The summed E-state index contributed by atoms with van der Waals surface area (Å²) in [4.78, 5) is 39.4. The van der Waals surface area contributed by atoms with E-state index in [2.05, 4.69) is 10.6 Å². The van der Waals surface area contributed by atoms with Gasteiger partial charge >= 0.3 is 6.03 Å². The molecule has 2 N–H and O–H groups in total. The molecule has 4 aromatic rings. The molecule has 0 aliphatic carbocycles. The number of rotatable bonds is 4. The number of urea groups is 1. The van der Waals surface area contributed by atoms with Gasteiger partial charge in [0.25, 0.3) is 5.91 Å². The Balaban J connectivity index is 1.35. The number of hydrogen-bond donors (Lipinski definition) is 2. The monoisotopic (exact) mass is 423 g/mol. The Bertz CT molecular complexity index is 1400. The summed E-state index contributed by atoms with van der Waals surface area (Å²) < 4.78 is 0. The molecular weight excluding hydrogens is 402 g/mol. The molecule has 32 heavy (non-hydrogen) atoms. The van der Waals surface area contributed by atoms with Crippen molar-refractivity contribution >= 4 is 45.1 Å². The quantitative estimate of drug-likeness (QED) is 0.478. The van der Waals surface area contributed by atoms with Crippen LogP contribution in [-0.4, -0.2) is 29.3 Å². The summed E-state index contributed by atoms with van der Waals surface area (Å²) in [7, 11) is 0. The number of imide groups is 1. The lowest BCUT2D eigenvalue weighted by molar-refractivity contribution is -0.133. The maximum Gasteiger partial charge on any atom is 0.325 e. The molecule has 0 aromatic heterocycles. The molecule has 1 aliphatic rings. The van der Waals surface area contributed by atoms with Gasteiger partial charge in [-0.2, -0.15) is 0 Å². The Morgan fingerprint density at radius 3 is 2.12 bits per heavy atom. The summed E-state index contributed by atoms with van der Waals surface area (Å²) in [5.41, 5.74) is 0.0506. The molecule has 0 radical (unpaired) electrons. The van der Waals surface area contributed by atoms with Crippen LogP contribution in [0.1, 0.15) is 12.5 Å². The van der Waals surface area contributed by atoms with E-state index in [-0.39, 0.29) is 6.54 Å². The van der Waals surface area contributed by atoms with Crippen molar-refractivity contribution in [2.45, 2.75) is 12.5 Å². The van der Waals surface area contributed by atoms with Crippen molar-refractivity contribution in [3.05, 3.63) is 90.5 Å². The number of nitrogens with zero attached hydrogens (tertiary/aromatic N) is 1. The number of anilines is 1. The standard InChI is InChI=1S/C26H21N3O3/c1-26(21-12-10-17-6-2-4-8-19(17)14-21)24(31)29(25(32)28-26)16-23(30)27-22-13-11-18-7-3-5-9-20(18)15-22/h2-15H,16H2,1H3,(H,27,30)(H,28,32)/t26-/m1/s1. The molecule has 0 unspecified atom stereocenters. The van der Waals surface area contributed by atoms with E-state index in [1.165, 1.54) is 0 Å². The van der Waals surface area contributed by atoms with Crippen LogP contribution in [0.25, 0.3) is 21.5 Å². The lowest BCUT2D eigenvalue weighted by Gasteiger charge is -2.22. The van der Waals surface area contributed by atoms with Gasteiger partial charge in [0.1, 0.15) is 12.1 Å². The minimum atomic E-state index is -1.23. The normalized spacial score (nSPS) is 18.2. The number of carbonyl (C=O) groups excluding carboxylic acids is 3. The molecule has 1 aliphatic heterocycles. The molecule has 6 nitrogen and oxygen atoms in total. The van der Waals surface area contributed by atoms with Gasteiger partial charge in [-0.3, -0.25) is 14.5 Å². The van der Waals surface area contributed by atoms with Gasteiger partial charge in [0.2, 0.25) is 5.91 Å². The van der Waals surface area contributed by atoms with E-state index in [1.807, 2.05) is 78.9 Å². The van der Waals surface area contributed by atoms with Crippen LogP contribution in [-0.2, 0) is 15.1 Å². The number of nitrogens with one attached hydrogen (secondary N) is 2. The van der Waals surface area contributed by atoms with Crippen molar-refractivity contribution < 1.29 is 14.4 Å². The summed E-state index contributed by atoms with van der Waals surface area (Å²) in [6.45, 7) is 1.30. The van der Waals surface area contributed by atoms with E-state index in [0.29, 0.717) is 11.3 Å². The maximum atomic E-state index is 13.2. The van der Waals surface area contributed by atoms with Crippen molar-refractivity contribution in [3.8, 4) is 0 Å². The van der Waals surface area contributed by atoms with Crippen molar-refractivity contribution in [3.63, 3.8) is 0 Å². The average Bonchev–Trinajstić information content (AvgIpc) is 3.02. The fourth-order valence-corrected chi connectivity index (χ4v) is 4.15. The van der Waals surface area contributed by atoms with Crippen LogP contribution in [0.5, 0.6) is 0 Å². The third-order valence-electron chi connectivity index (χ3n) is 5.94. The van der Waals surface area contributed by atoms with E-state index in [4.69, 9.17) is 0 Å². The number of fused-ring (bicyclic) bond motifs is 2. The number of benzene rings is 4. The highest BCUT2D eigenvalue weighted by atomic mass is 16.2. The average molecular weight is 423 g/mol. The predicted octanol–water partition coefficient (Wildman–Crippen LogP) is 4.40. The second kappa shape index (κ2) is 7.50. The number of carbonyl (C=O) groups is 3. The highest BCUT2D eigenvalue weighted by Crippen LogP contribution is 2.31. The first kappa shape index (κ1) is 19.8. The predicted molar refractivity (Wildman–Crippen MR) is 124 cm³/mol. The van der Waals surface area contributed by atoms with Gasteiger partial charge in [-0.1, -0.05) is 66.7 Å². The van der Waals surface area contributed by atoms with Crippen LogP contribution in [0.3, 0.4) is 0 Å². The fraction of sp³-hybridized carbons (Fsp3) is 0.115. The van der Waals surface area contributed by atoms with E-state index >= 15 is 0 Å². The SMILES string of the molecule is C[C@]1(c2ccc3ccccc3c2)NC(=O)N(CC(=O)Nc2ccc3ccccc3c2)C1=O. The molecule has 4 amide bonds. The number of hydrogen-bond acceptors (Lipinski definition) is 3. The molecule has 4 aromatic carbocycles. The molecule has 0 bridgehead atoms. The smallest absolute Gasteiger partial charge is 0.325 e. The third-order valence-corrected chi connectivity index (χ3v) is 5.94. The molecule has 5 rings (SSSR count). The van der Waals surface area contributed by atoms with Crippen molar-refractivity contribution in [2.24, 2.45) is 0 Å². The van der Waals surface area contributed by atoms with Crippen molar-refractivity contribution in [1.29, 1.82) is 0 Å². The van der Waals surface area contributed by atoms with Gasteiger partial charge in [0.05, 0.1) is 0 Å². The Hall–Kier alpha value is -4.19. The van der Waals surface area contributed by atoms with Gasteiger partial charge in [-0.25, -0.2) is 4.79 Å². The topological polar surface area (TPSA) is 78.5 Å². The maximum absolute atomic E-state index is 13.2. The zero-order valence-electron chi connectivity index (χ0n) is 17.5. The Kier molecular flexibility index (Phi) is 4.63. The summed E-state index contributed by atoms with van der Waals surface area (Å²) >= 11 is 0. The van der Waals surface area contributed by atoms with Crippen LogP contribution >= 0.6 is 0 Å². The number of amides is 4. The molecule has 1 heterocycles. The van der Waals surface area contributed by atoms with Crippen molar-refractivity contribution in [1.82, 2.24) is 10.2 Å². The largest absolute Gasteiger partial charge is 0.325 e. The first-order valence-corrected chi connectivity index (χ1v) is 10.4. The second-order valence-corrected chi connectivity index (χ2v) is 8.12. The molecule has 0 spiro atoms.